The van der Waals surface area contributed by atoms with Gasteiger partial charge in [-0.1, -0.05) is 23.4 Å². The van der Waals surface area contributed by atoms with Gasteiger partial charge in [-0.05, 0) is 30.7 Å². The highest BCUT2D eigenvalue weighted by Crippen LogP contribution is 2.39. The van der Waals surface area contributed by atoms with Gasteiger partial charge in [-0.3, -0.25) is 0 Å². The summed E-state index contributed by atoms with van der Waals surface area (Å²) in [4.78, 5) is 0. The topological polar surface area (TPSA) is 88.3 Å². The van der Waals surface area contributed by atoms with Crippen LogP contribution in [0.5, 0.6) is 11.5 Å². The maximum Gasteiger partial charge on any atom is 0.210 e. The van der Waals surface area contributed by atoms with Crippen molar-refractivity contribution in [3.05, 3.63) is 40.8 Å². The molecule has 26 heavy (non-hydrogen) atoms. The van der Waals surface area contributed by atoms with Gasteiger partial charge in [0.15, 0.2) is 17.3 Å². The second kappa shape index (κ2) is 7.13. The Hall–Kier alpha value is -2.32. The molecule has 3 heterocycles. The lowest BCUT2D eigenvalue weighted by atomic mass is 10.2. The molecule has 1 aromatic carbocycles. The molecular weight excluding hydrogens is 376 g/mol. The van der Waals surface area contributed by atoms with Gasteiger partial charge in [-0.25, -0.2) is 4.68 Å². The van der Waals surface area contributed by atoms with E-state index in [1.165, 1.54) is 16.4 Å². The minimum absolute atomic E-state index is 0.545. The summed E-state index contributed by atoms with van der Waals surface area (Å²) in [5.41, 5.74) is 1.82. The number of aromatic nitrogens is 3. The SMILES string of the molecule is Cc1occc1-c1nnc(SCc2cc(Cl)c3c(c2)OCCCO3)n1N. The first-order valence-electron chi connectivity index (χ1n) is 8.09. The third-order valence-electron chi connectivity index (χ3n) is 3.99. The summed E-state index contributed by atoms with van der Waals surface area (Å²) < 4.78 is 18.1. The van der Waals surface area contributed by atoms with Crippen molar-refractivity contribution >= 4 is 23.4 Å². The minimum Gasteiger partial charge on any atom is -0.489 e. The third kappa shape index (κ3) is 3.22. The van der Waals surface area contributed by atoms with Gasteiger partial charge < -0.3 is 19.7 Å². The molecule has 0 saturated heterocycles. The van der Waals surface area contributed by atoms with Gasteiger partial charge >= 0.3 is 0 Å². The van der Waals surface area contributed by atoms with Crippen LogP contribution in [0.25, 0.3) is 11.4 Å². The van der Waals surface area contributed by atoms with E-state index in [4.69, 9.17) is 31.3 Å². The summed E-state index contributed by atoms with van der Waals surface area (Å²) in [6.45, 7) is 3.08. The Morgan fingerprint density at radius 1 is 1.27 bits per heavy atom. The van der Waals surface area contributed by atoms with E-state index in [9.17, 15) is 0 Å². The number of nitrogen functional groups attached to an aromatic ring is 1. The van der Waals surface area contributed by atoms with Crippen LogP contribution in [0.1, 0.15) is 17.7 Å². The molecule has 0 atom stereocenters. The highest BCUT2D eigenvalue weighted by Gasteiger charge is 2.18. The molecule has 0 saturated carbocycles. The zero-order chi connectivity index (χ0) is 18.1. The number of aryl methyl sites for hydroxylation is 1. The first kappa shape index (κ1) is 17.1. The number of rotatable bonds is 4. The van der Waals surface area contributed by atoms with Gasteiger partial charge in [0.1, 0.15) is 5.76 Å². The Bertz CT molecular complexity index is 940. The molecule has 0 aliphatic carbocycles. The van der Waals surface area contributed by atoms with Gasteiger partial charge in [0.25, 0.3) is 0 Å². The fourth-order valence-electron chi connectivity index (χ4n) is 2.69. The van der Waals surface area contributed by atoms with Crippen LogP contribution in [0, 0.1) is 6.92 Å². The summed E-state index contributed by atoms with van der Waals surface area (Å²) in [5, 5.41) is 9.49. The number of ether oxygens (including phenoxy) is 2. The maximum atomic E-state index is 6.34. The standard InChI is InChI=1S/C17H17ClN4O3S/c1-10-12(3-6-23-10)16-20-21-17(22(16)19)26-9-11-7-13(18)15-14(8-11)24-4-2-5-25-15/h3,6-8H,2,4-5,9,19H2,1H3. The lowest BCUT2D eigenvalue weighted by molar-refractivity contribution is 0.297. The number of hydrogen-bond acceptors (Lipinski definition) is 7. The largest absolute Gasteiger partial charge is 0.489 e. The van der Waals surface area contributed by atoms with Gasteiger partial charge in [0.05, 0.1) is 30.1 Å². The molecule has 0 bridgehead atoms. The van der Waals surface area contributed by atoms with Crippen molar-refractivity contribution in [3.63, 3.8) is 0 Å². The number of nitrogens with two attached hydrogens (primary N) is 1. The van der Waals surface area contributed by atoms with Crippen molar-refractivity contribution in [2.24, 2.45) is 0 Å². The Morgan fingerprint density at radius 3 is 2.92 bits per heavy atom. The van der Waals surface area contributed by atoms with Crippen molar-refractivity contribution < 1.29 is 13.9 Å². The lowest BCUT2D eigenvalue weighted by Crippen LogP contribution is -2.11. The first-order valence-corrected chi connectivity index (χ1v) is 9.45. The number of hydrogen-bond donors (Lipinski definition) is 1. The summed E-state index contributed by atoms with van der Waals surface area (Å²) in [6.07, 6.45) is 2.44. The molecule has 9 heteroatoms. The Balaban J connectivity index is 1.53. The van der Waals surface area contributed by atoms with Crippen LogP contribution in [-0.2, 0) is 5.75 Å². The van der Waals surface area contributed by atoms with E-state index in [1.54, 1.807) is 6.26 Å². The van der Waals surface area contributed by atoms with E-state index >= 15 is 0 Å². The van der Waals surface area contributed by atoms with Crippen LogP contribution in [0.3, 0.4) is 0 Å². The van der Waals surface area contributed by atoms with E-state index in [2.05, 4.69) is 10.2 Å². The van der Waals surface area contributed by atoms with E-state index in [-0.39, 0.29) is 0 Å². The van der Waals surface area contributed by atoms with E-state index in [0.29, 0.717) is 46.5 Å². The van der Waals surface area contributed by atoms with Gasteiger partial charge in [0.2, 0.25) is 5.16 Å². The Morgan fingerprint density at radius 2 is 2.12 bits per heavy atom. The van der Waals surface area contributed by atoms with E-state index < -0.39 is 0 Å². The molecule has 1 aliphatic rings. The number of furan rings is 1. The highest BCUT2D eigenvalue weighted by molar-refractivity contribution is 7.98. The monoisotopic (exact) mass is 392 g/mol. The molecule has 2 N–H and O–H groups in total. The molecule has 7 nitrogen and oxygen atoms in total. The zero-order valence-corrected chi connectivity index (χ0v) is 15.6. The van der Waals surface area contributed by atoms with Crippen molar-refractivity contribution in [1.29, 1.82) is 0 Å². The summed E-state index contributed by atoms with van der Waals surface area (Å²) in [6, 6.07) is 5.64. The molecule has 0 spiro atoms. The second-order valence-electron chi connectivity index (χ2n) is 5.81. The van der Waals surface area contributed by atoms with Crippen LogP contribution < -0.4 is 15.3 Å². The summed E-state index contributed by atoms with van der Waals surface area (Å²) >= 11 is 7.81. The van der Waals surface area contributed by atoms with Gasteiger partial charge in [-0.15, -0.1) is 10.2 Å². The van der Waals surface area contributed by atoms with Crippen LogP contribution in [-0.4, -0.2) is 28.1 Å². The van der Waals surface area contributed by atoms with Crippen LogP contribution in [0.4, 0.5) is 0 Å². The predicted molar refractivity (Wildman–Crippen MR) is 99.2 cm³/mol. The molecule has 4 rings (SSSR count). The predicted octanol–water partition coefficient (Wildman–Crippen LogP) is 3.67. The number of thioether (sulfide) groups is 1. The number of benzene rings is 1. The molecule has 0 unspecified atom stereocenters. The molecule has 2 aromatic heterocycles. The fourth-order valence-corrected chi connectivity index (χ4v) is 3.77. The minimum atomic E-state index is 0.545. The molecular formula is C17H17ClN4O3S. The normalized spacial score (nSPS) is 13.6. The van der Waals surface area contributed by atoms with Crippen LogP contribution in [0.2, 0.25) is 5.02 Å². The molecule has 3 aromatic rings. The Kier molecular flexibility index (Phi) is 4.69. The summed E-state index contributed by atoms with van der Waals surface area (Å²) in [7, 11) is 0. The quantitative estimate of drug-likeness (QED) is 0.535. The smallest absolute Gasteiger partial charge is 0.210 e. The summed E-state index contributed by atoms with van der Waals surface area (Å²) in [5.74, 6) is 9.36. The van der Waals surface area contributed by atoms with Crippen molar-refractivity contribution in [2.75, 3.05) is 19.1 Å². The van der Waals surface area contributed by atoms with Crippen LogP contribution in [0.15, 0.2) is 34.0 Å². The molecule has 0 amide bonds. The molecule has 0 radical (unpaired) electrons. The van der Waals surface area contributed by atoms with Gasteiger partial charge in [-0.2, -0.15) is 0 Å². The fraction of sp³-hybridized carbons (Fsp3) is 0.294. The first-order chi connectivity index (χ1) is 12.6. The zero-order valence-electron chi connectivity index (χ0n) is 14.1. The van der Waals surface area contributed by atoms with E-state index in [0.717, 1.165) is 23.3 Å². The lowest BCUT2D eigenvalue weighted by Gasteiger charge is -2.11. The molecule has 1 aliphatic heterocycles. The molecule has 136 valence electrons. The number of fused-ring (bicyclic) bond motifs is 1. The van der Waals surface area contributed by atoms with E-state index in [1.807, 2.05) is 25.1 Å². The van der Waals surface area contributed by atoms with Crippen molar-refractivity contribution in [1.82, 2.24) is 14.9 Å². The third-order valence-corrected chi connectivity index (χ3v) is 5.29. The van der Waals surface area contributed by atoms with Gasteiger partial charge in [0, 0.05) is 12.2 Å². The van der Waals surface area contributed by atoms with Crippen molar-refractivity contribution in [3.8, 4) is 22.9 Å². The highest BCUT2D eigenvalue weighted by atomic mass is 35.5. The second-order valence-corrected chi connectivity index (χ2v) is 7.16. The van der Waals surface area contributed by atoms with Crippen LogP contribution >= 0.6 is 23.4 Å². The number of halogens is 1. The Labute approximate surface area is 159 Å². The average molecular weight is 393 g/mol. The van der Waals surface area contributed by atoms with Crippen molar-refractivity contribution in [2.45, 2.75) is 24.3 Å². The molecule has 0 fully saturated rings. The maximum absolute atomic E-state index is 6.34. The number of nitrogens with zero attached hydrogens (tertiary/aromatic N) is 3. The average Bonchev–Trinajstić information content (AvgIpc) is 3.10.